The minimum Gasteiger partial charge on any atom is -0.482 e. The minimum atomic E-state index is -0.437. The standard InChI is InChI=1S/C20H15NO3/c21-12-15-5-7-16(8-6-15)13-24-20(22)14-23-19-10-9-17-3-1-2-4-18(17)11-19/h1-11H,13-14H2. The van der Waals surface area contributed by atoms with Gasteiger partial charge in [0, 0.05) is 0 Å². The first kappa shape index (κ1) is 15.6. The first-order valence-corrected chi connectivity index (χ1v) is 7.51. The summed E-state index contributed by atoms with van der Waals surface area (Å²) in [5.41, 5.74) is 1.40. The average molecular weight is 317 g/mol. The molecule has 3 aromatic rings. The maximum absolute atomic E-state index is 11.8. The monoisotopic (exact) mass is 317 g/mol. The van der Waals surface area contributed by atoms with Crippen molar-refractivity contribution in [2.75, 3.05) is 6.61 Å². The van der Waals surface area contributed by atoms with E-state index in [0.29, 0.717) is 11.3 Å². The van der Waals surface area contributed by atoms with Crippen molar-refractivity contribution in [3.8, 4) is 11.8 Å². The molecule has 0 aliphatic rings. The molecule has 0 heterocycles. The molecule has 0 amide bonds. The molecule has 4 nitrogen and oxygen atoms in total. The van der Waals surface area contributed by atoms with E-state index in [9.17, 15) is 4.79 Å². The van der Waals surface area contributed by atoms with Gasteiger partial charge >= 0.3 is 5.97 Å². The predicted octanol–water partition coefficient (Wildman–Crippen LogP) is 3.83. The van der Waals surface area contributed by atoms with Crippen molar-refractivity contribution in [1.29, 1.82) is 5.26 Å². The molecule has 0 spiro atoms. The van der Waals surface area contributed by atoms with E-state index in [1.165, 1.54) is 0 Å². The molecule has 0 aromatic heterocycles. The highest BCUT2D eigenvalue weighted by atomic mass is 16.6. The van der Waals surface area contributed by atoms with E-state index < -0.39 is 5.97 Å². The first-order valence-electron chi connectivity index (χ1n) is 7.51. The summed E-state index contributed by atoms with van der Waals surface area (Å²) in [4.78, 5) is 11.8. The van der Waals surface area contributed by atoms with Crippen LogP contribution in [0.3, 0.4) is 0 Å². The van der Waals surface area contributed by atoms with Crippen LogP contribution in [-0.4, -0.2) is 12.6 Å². The van der Waals surface area contributed by atoms with Crippen LogP contribution < -0.4 is 4.74 Å². The second kappa shape index (κ2) is 7.30. The number of benzene rings is 3. The molecular weight excluding hydrogens is 302 g/mol. The molecule has 0 unspecified atom stereocenters. The quantitative estimate of drug-likeness (QED) is 0.671. The second-order valence-electron chi connectivity index (χ2n) is 5.27. The van der Waals surface area contributed by atoms with Crippen LogP contribution in [0.5, 0.6) is 5.75 Å². The van der Waals surface area contributed by atoms with Crippen LogP contribution in [0.2, 0.25) is 0 Å². The number of rotatable bonds is 5. The van der Waals surface area contributed by atoms with Crippen LogP contribution in [0.25, 0.3) is 10.8 Å². The zero-order chi connectivity index (χ0) is 16.8. The van der Waals surface area contributed by atoms with Crippen LogP contribution in [0, 0.1) is 11.3 Å². The molecule has 0 saturated heterocycles. The van der Waals surface area contributed by atoms with Crippen molar-refractivity contribution in [3.05, 3.63) is 77.9 Å². The third-order valence-electron chi connectivity index (χ3n) is 3.56. The summed E-state index contributed by atoms with van der Waals surface area (Å²) >= 11 is 0. The highest BCUT2D eigenvalue weighted by molar-refractivity contribution is 5.83. The zero-order valence-electron chi connectivity index (χ0n) is 12.9. The molecule has 0 aliphatic carbocycles. The number of carbonyl (C=O) groups is 1. The van der Waals surface area contributed by atoms with Gasteiger partial charge in [-0.05, 0) is 40.6 Å². The van der Waals surface area contributed by atoms with E-state index >= 15 is 0 Å². The lowest BCUT2D eigenvalue weighted by Gasteiger charge is -2.08. The Kier molecular flexibility index (Phi) is 4.73. The summed E-state index contributed by atoms with van der Waals surface area (Å²) in [6.07, 6.45) is 0. The lowest BCUT2D eigenvalue weighted by molar-refractivity contribution is -0.147. The molecule has 3 rings (SSSR count). The summed E-state index contributed by atoms with van der Waals surface area (Å²) < 4.78 is 10.6. The number of carbonyl (C=O) groups excluding carboxylic acids is 1. The molecule has 0 fully saturated rings. The Bertz CT molecular complexity index is 895. The van der Waals surface area contributed by atoms with E-state index in [4.69, 9.17) is 14.7 Å². The molecule has 0 radical (unpaired) electrons. The fourth-order valence-electron chi connectivity index (χ4n) is 2.28. The van der Waals surface area contributed by atoms with Gasteiger partial charge in [-0.1, -0.05) is 42.5 Å². The van der Waals surface area contributed by atoms with Crippen LogP contribution >= 0.6 is 0 Å². The van der Waals surface area contributed by atoms with Gasteiger partial charge in [0.05, 0.1) is 11.6 Å². The first-order chi connectivity index (χ1) is 11.7. The van der Waals surface area contributed by atoms with E-state index in [2.05, 4.69) is 0 Å². The maximum atomic E-state index is 11.8. The summed E-state index contributed by atoms with van der Waals surface area (Å²) in [5.74, 6) is 0.191. The smallest absolute Gasteiger partial charge is 0.344 e. The third-order valence-corrected chi connectivity index (χ3v) is 3.56. The summed E-state index contributed by atoms with van der Waals surface area (Å²) in [5, 5.41) is 10.9. The van der Waals surface area contributed by atoms with Crippen LogP contribution in [0.15, 0.2) is 66.7 Å². The Morgan fingerprint density at radius 2 is 1.71 bits per heavy atom. The predicted molar refractivity (Wildman–Crippen MR) is 90.4 cm³/mol. The van der Waals surface area contributed by atoms with Gasteiger partial charge in [0.15, 0.2) is 6.61 Å². The Balaban J connectivity index is 1.51. The van der Waals surface area contributed by atoms with Gasteiger partial charge in [-0.3, -0.25) is 0 Å². The molecule has 0 aliphatic heterocycles. The average Bonchev–Trinajstić information content (AvgIpc) is 2.65. The Hall–Kier alpha value is -3.32. The number of ether oxygens (including phenoxy) is 2. The highest BCUT2D eigenvalue weighted by Gasteiger charge is 2.06. The van der Waals surface area contributed by atoms with Gasteiger partial charge in [0.25, 0.3) is 0 Å². The summed E-state index contributed by atoms with van der Waals surface area (Å²) in [7, 11) is 0. The number of nitriles is 1. The molecular formula is C20H15NO3. The number of nitrogens with zero attached hydrogens (tertiary/aromatic N) is 1. The highest BCUT2D eigenvalue weighted by Crippen LogP contribution is 2.20. The number of hydrogen-bond acceptors (Lipinski definition) is 4. The fraction of sp³-hybridized carbons (Fsp3) is 0.100. The molecule has 0 bridgehead atoms. The molecule has 3 aromatic carbocycles. The van der Waals surface area contributed by atoms with Crippen molar-refractivity contribution in [2.45, 2.75) is 6.61 Å². The Morgan fingerprint density at radius 3 is 2.46 bits per heavy atom. The normalized spacial score (nSPS) is 10.1. The largest absolute Gasteiger partial charge is 0.482 e. The van der Waals surface area contributed by atoms with E-state index in [1.54, 1.807) is 24.3 Å². The molecule has 4 heteroatoms. The van der Waals surface area contributed by atoms with Gasteiger partial charge in [-0.25, -0.2) is 4.79 Å². The molecule has 0 saturated carbocycles. The van der Waals surface area contributed by atoms with E-state index in [0.717, 1.165) is 16.3 Å². The zero-order valence-corrected chi connectivity index (χ0v) is 12.9. The molecule has 0 atom stereocenters. The van der Waals surface area contributed by atoms with E-state index in [1.807, 2.05) is 48.5 Å². The number of esters is 1. The topological polar surface area (TPSA) is 59.3 Å². The number of hydrogen-bond donors (Lipinski definition) is 0. The van der Waals surface area contributed by atoms with Crippen molar-refractivity contribution in [3.63, 3.8) is 0 Å². The van der Waals surface area contributed by atoms with Gasteiger partial charge < -0.3 is 9.47 Å². The van der Waals surface area contributed by atoms with Gasteiger partial charge in [0.2, 0.25) is 0 Å². The van der Waals surface area contributed by atoms with Crippen LogP contribution in [0.4, 0.5) is 0 Å². The van der Waals surface area contributed by atoms with E-state index in [-0.39, 0.29) is 13.2 Å². The SMILES string of the molecule is N#Cc1ccc(COC(=O)COc2ccc3ccccc3c2)cc1. The van der Waals surface area contributed by atoms with Crippen molar-refractivity contribution >= 4 is 16.7 Å². The Labute approximate surface area is 139 Å². The van der Waals surface area contributed by atoms with Crippen molar-refractivity contribution in [1.82, 2.24) is 0 Å². The van der Waals surface area contributed by atoms with Gasteiger partial charge in [0.1, 0.15) is 12.4 Å². The van der Waals surface area contributed by atoms with Crippen LogP contribution in [-0.2, 0) is 16.1 Å². The Morgan fingerprint density at radius 1 is 0.958 bits per heavy atom. The second-order valence-corrected chi connectivity index (χ2v) is 5.27. The van der Waals surface area contributed by atoms with Gasteiger partial charge in [-0.15, -0.1) is 0 Å². The molecule has 118 valence electrons. The van der Waals surface area contributed by atoms with Crippen molar-refractivity contribution < 1.29 is 14.3 Å². The summed E-state index contributed by atoms with van der Waals surface area (Å²) in [6, 6.07) is 22.6. The fourth-order valence-corrected chi connectivity index (χ4v) is 2.28. The molecule has 0 N–H and O–H groups in total. The number of fused-ring (bicyclic) bond motifs is 1. The summed E-state index contributed by atoms with van der Waals surface area (Å²) in [6.45, 7) is 0.0141. The van der Waals surface area contributed by atoms with Crippen molar-refractivity contribution in [2.24, 2.45) is 0 Å². The lowest BCUT2D eigenvalue weighted by atomic mass is 10.1. The maximum Gasteiger partial charge on any atom is 0.344 e. The third kappa shape index (κ3) is 3.90. The van der Waals surface area contributed by atoms with Crippen LogP contribution in [0.1, 0.15) is 11.1 Å². The lowest BCUT2D eigenvalue weighted by Crippen LogP contribution is -2.14. The van der Waals surface area contributed by atoms with Gasteiger partial charge in [-0.2, -0.15) is 5.26 Å². The molecule has 24 heavy (non-hydrogen) atoms. The minimum absolute atomic E-state index is 0.144.